The third-order valence-corrected chi connectivity index (χ3v) is 1.83. The van der Waals surface area contributed by atoms with Crippen LogP contribution in [-0.2, 0) is 0 Å². The molecule has 0 saturated carbocycles. The van der Waals surface area contributed by atoms with Crippen LogP contribution in [0.25, 0.3) is 0 Å². The van der Waals surface area contributed by atoms with E-state index in [0.717, 1.165) is 7.11 Å². The van der Waals surface area contributed by atoms with Crippen LogP contribution >= 0.6 is 0 Å². The number of aldehydes is 1. The molecule has 18 heavy (non-hydrogen) atoms. The van der Waals surface area contributed by atoms with E-state index in [-0.39, 0.29) is 6.29 Å². The van der Waals surface area contributed by atoms with E-state index in [2.05, 4.69) is 9.47 Å². The predicted molar refractivity (Wildman–Crippen MR) is 51.7 cm³/mol. The van der Waals surface area contributed by atoms with E-state index in [4.69, 9.17) is 0 Å². The summed E-state index contributed by atoms with van der Waals surface area (Å²) < 4.78 is 44.1. The Bertz CT molecular complexity index is 486. The van der Waals surface area contributed by atoms with Crippen LogP contribution in [0.2, 0.25) is 0 Å². The lowest BCUT2D eigenvalue weighted by atomic mass is 10.2. The van der Waals surface area contributed by atoms with Crippen LogP contribution in [-0.4, -0.2) is 24.7 Å². The summed E-state index contributed by atoms with van der Waals surface area (Å²) in [7, 11) is 1.06. The molecule has 0 aromatic heterocycles. The Kier molecular flexibility index (Phi) is 3.74. The molecule has 0 fully saturated rings. The standard InChI is InChI=1S/C9H6F3NO5/c1-17-8-5(4-14)2-6(18-9(10,11)12)3-7(8)13(15)16/h2-4H,1H3. The first-order valence-electron chi connectivity index (χ1n) is 4.36. The fourth-order valence-corrected chi connectivity index (χ4v) is 1.25. The van der Waals surface area contributed by atoms with Gasteiger partial charge in [0.15, 0.2) is 6.29 Å². The highest BCUT2D eigenvalue weighted by Crippen LogP contribution is 2.36. The van der Waals surface area contributed by atoms with E-state index in [1.807, 2.05) is 0 Å². The highest BCUT2D eigenvalue weighted by molar-refractivity contribution is 5.83. The number of benzene rings is 1. The van der Waals surface area contributed by atoms with Gasteiger partial charge in [0.2, 0.25) is 5.75 Å². The summed E-state index contributed by atoms with van der Waals surface area (Å²) in [5, 5.41) is 10.6. The Morgan fingerprint density at radius 1 is 1.39 bits per heavy atom. The molecule has 6 nitrogen and oxygen atoms in total. The van der Waals surface area contributed by atoms with Gasteiger partial charge in [0.25, 0.3) is 0 Å². The van der Waals surface area contributed by atoms with Gasteiger partial charge in [0.1, 0.15) is 5.75 Å². The Morgan fingerprint density at radius 3 is 2.39 bits per heavy atom. The molecule has 0 aliphatic carbocycles. The topological polar surface area (TPSA) is 78.7 Å². The number of carbonyl (C=O) groups is 1. The number of hydrogen-bond donors (Lipinski definition) is 0. The average molecular weight is 265 g/mol. The number of rotatable bonds is 4. The minimum Gasteiger partial charge on any atom is -0.490 e. The Balaban J connectivity index is 3.36. The maximum atomic E-state index is 12.0. The molecule has 98 valence electrons. The van der Waals surface area contributed by atoms with E-state index >= 15 is 0 Å². The molecule has 1 aromatic carbocycles. The largest absolute Gasteiger partial charge is 0.573 e. The van der Waals surface area contributed by atoms with Gasteiger partial charge in [-0.2, -0.15) is 0 Å². The van der Waals surface area contributed by atoms with Crippen LogP contribution in [0, 0.1) is 10.1 Å². The van der Waals surface area contributed by atoms with Crippen LogP contribution in [0.1, 0.15) is 10.4 Å². The third kappa shape index (κ3) is 3.09. The first-order valence-corrected chi connectivity index (χ1v) is 4.36. The second kappa shape index (κ2) is 4.90. The number of ether oxygens (including phenoxy) is 2. The van der Waals surface area contributed by atoms with Crippen molar-refractivity contribution in [3.8, 4) is 11.5 Å². The van der Waals surface area contributed by atoms with Crippen molar-refractivity contribution < 1.29 is 32.4 Å². The minimum atomic E-state index is -5.01. The SMILES string of the molecule is COc1c(C=O)cc(OC(F)(F)F)cc1[N+](=O)[O-]. The number of nitrogens with zero attached hydrogens (tertiary/aromatic N) is 1. The molecule has 1 rings (SSSR count). The monoisotopic (exact) mass is 265 g/mol. The maximum absolute atomic E-state index is 12.0. The van der Waals surface area contributed by atoms with Crippen LogP contribution in [0.15, 0.2) is 12.1 Å². The molecule has 0 atom stereocenters. The summed E-state index contributed by atoms with van der Waals surface area (Å²) in [4.78, 5) is 20.3. The molecule has 0 aliphatic rings. The number of halogens is 3. The number of hydrogen-bond acceptors (Lipinski definition) is 5. The van der Waals surface area contributed by atoms with Gasteiger partial charge in [-0.05, 0) is 6.07 Å². The molecular weight excluding hydrogens is 259 g/mol. The zero-order chi connectivity index (χ0) is 13.9. The van der Waals surface area contributed by atoms with Crippen molar-refractivity contribution in [3.05, 3.63) is 27.8 Å². The quantitative estimate of drug-likeness (QED) is 0.474. The summed E-state index contributed by atoms with van der Waals surface area (Å²) >= 11 is 0. The molecule has 0 spiro atoms. The Hall–Kier alpha value is -2.32. The van der Waals surface area contributed by atoms with Crippen LogP contribution in [0.3, 0.4) is 0 Å². The van der Waals surface area contributed by atoms with Crippen molar-refractivity contribution in [2.45, 2.75) is 6.36 Å². The molecular formula is C9H6F3NO5. The molecule has 0 heterocycles. The lowest BCUT2D eigenvalue weighted by molar-refractivity contribution is -0.386. The minimum absolute atomic E-state index is 0.134. The zero-order valence-electron chi connectivity index (χ0n) is 8.85. The molecule has 0 aliphatic heterocycles. The van der Waals surface area contributed by atoms with Gasteiger partial charge in [0, 0.05) is 0 Å². The maximum Gasteiger partial charge on any atom is 0.573 e. The Labute approximate surface area is 98.1 Å². The first-order chi connectivity index (χ1) is 8.28. The van der Waals surface area contributed by atoms with E-state index in [0.29, 0.717) is 12.1 Å². The fourth-order valence-electron chi connectivity index (χ4n) is 1.25. The predicted octanol–water partition coefficient (Wildman–Crippen LogP) is 2.31. The molecule has 0 radical (unpaired) electrons. The smallest absolute Gasteiger partial charge is 0.490 e. The zero-order valence-corrected chi connectivity index (χ0v) is 8.85. The number of alkyl halides is 3. The summed E-state index contributed by atoms with van der Waals surface area (Å²) in [5.74, 6) is -1.29. The van der Waals surface area contributed by atoms with Crippen molar-refractivity contribution in [1.29, 1.82) is 0 Å². The van der Waals surface area contributed by atoms with E-state index in [1.165, 1.54) is 0 Å². The normalized spacial score (nSPS) is 10.9. The van der Waals surface area contributed by atoms with Crippen LogP contribution < -0.4 is 9.47 Å². The van der Waals surface area contributed by atoms with Crippen molar-refractivity contribution in [2.75, 3.05) is 7.11 Å². The molecule has 0 unspecified atom stereocenters. The van der Waals surface area contributed by atoms with E-state index < -0.39 is 34.0 Å². The number of methoxy groups -OCH3 is 1. The van der Waals surface area contributed by atoms with Gasteiger partial charge in [-0.15, -0.1) is 13.2 Å². The van der Waals surface area contributed by atoms with E-state index in [9.17, 15) is 28.1 Å². The highest BCUT2D eigenvalue weighted by Gasteiger charge is 2.33. The molecule has 1 aromatic rings. The lowest BCUT2D eigenvalue weighted by Gasteiger charge is -2.11. The van der Waals surface area contributed by atoms with Gasteiger partial charge in [0.05, 0.1) is 23.7 Å². The fraction of sp³-hybridized carbons (Fsp3) is 0.222. The molecule has 0 amide bonds. The number of nitro groups is 1. The highest BCUT2D eigenvalue weighted by atomic mass is 19.4. The van der Waals surface area contributed by atoms with Crippen LogP contribution in [0.4, 0.5) is 18.9 Å². The molecule has 9 heteroatoms. The van der Waals surface area contributed by atoms with E-state index in [1.54, 1.807) is 0 Å². The number of carbonyl (C=O) groups excluding carboxylic acids is 1. The summed E-state index contributed by atoms with van der Waals surface area (Å²) in [5.41, 5.74) is -1.20. The Morgan fingerprint density at radius 2 is 2.00 bits per heavy atom. The van der Waals surface area contributed by atoms with Crippen molar-refractivity contribution in [1.82, 2.24) is 0 Å². The number of nitro benzene ring substituents is 1. The van der Waals surface area contributed by atoms with Crippen molar-refractivity contribution in [2.24, 2.45) is 0 Å². The van der Waals surface area contributed by atoms with Gasteiger partial charge in [-0.25, -0.2) is 0 Å². The molecule has 0 saturated heterocycles. The molecule has 0 N–H and O–H groups in total. The second-order valence-electron chi connectivity index (χ2n) is 2.99. The van der Waals surface area contributed by atoms with Gasteiger partial charge in [-0.1, -0.05) is 0 Å². The van der Waals surface area contributed by atoms with Crippen LogP contribution in [0.5, 0.6) is 11.5 Å². The third-order valence-electron chi connectivity index (χ3n) is 1.83. The average Bonchev–Trinajstić information content (AvgIpc) is 2.25. The van der Waals surface area contributed by atoms with Crippen molar-refractivity contribution in [3.63, 3.8) is 0 Å². The van der Waals surface area contributed by atoms with Crippen molar-refractivity contribution >= 4 is 12.0 Å². The van der Waals surface area contributed by atoms with Gasteiger partial charge >= 0.3 is 12.0 Å². The second-order valence-corrected chi connectivity index (χ2v) is 2.99. The first kappa shape index (κ1) is 13.7. The molecule has 0 bridgehead atoms. The van der Waals surface area contributed by atoms with Gasteiger partial charge < -0.3 is 9.47 Å². The summed E-state index contributed by atoms with van der Waals surface area (Å²) in [6.07, 6.45) is -4.88. The summed E-state index contributed by atoms with van der Waals surface area (Å²) in [6.45, 7) is 0. The lowest BCUT2D eigenvalue weighted by Crippen LogP contribution is -2.17. The van der Waals surface area contributed by atoms with Gasteiger partial charge in [-0.3, -0.25) is 14.9 Å². The summed E-state index contributed by atoms with van der Waals surface area (Å²) in [6, 6.07) is 1.23.